The highest BCUT2D eigenvalue weighted by molar-refractivity contribution is 5.43. The van der Waals surface area contributed by atoms with E-state index in [1.54, 1.807) is 0 Å². The number of hydrogen-bond acceptors (Lipinski definition) is 4. The van der Waals surface area contributed by atoms with Gasteiger partial charge in [-0.15, -0.1) is 5.10 Å². The van der Waals surface area contributed by atoms with E-state index in [-0.39, 0.29) is 6.10 Å². The van der Waals surface area contributed by atoms with E-state index >= 15 is 0 Å². The summed E-state index contributed by atoms with van der Waals surface area (Å²) in [7, 11) is 0. The molecule has 4 nitrogen and oxygen atoms in total. The summed E-state index contributed by atoms with van der Waals surface area (Å²) in [4.78, 5) is 2.36. The molecule has 86 valence electrons. The van der Waals surface area contributed by atoms with Crippen LogP contribution in [-0.4, -0.2) is 33.5 Å². The minimum Gasteiger partial charge on any atom is -0.393 e. The van der Waals surface area contributed by atoms with Crippen molar-refractivity contribution in [3.05, 3.63) is 17.8 Å². The molecule has 1 N–H and O–H groups in total. The minimum atomic E-state index is -0.118. The average molecular weight is 219 g/mol. The van der Waals surface area contributed by atoms with Crippen LogP contribution in [0.2, 0.25) is 0 Å². The van der Waals surface area contributed by atoms with Crippen molar-refractivity contribution in [2.75, 3.05) is 4.90 Å². The zero-order chi connectivity index (χ0) is 11.1. The van der Waals surface area contributed by atoms with Crippen molar-refractivity contribution in [1.82, 2.24) is 10.2 Å². The molecule has 4 heteroatoms. The van der Waals surface area contributed by atoms with Gasteiger partial charge >= 0.3 is 0 Å². The molecular weight excluding hydrogens is 202 g/mol. The van der Waals surface area contributed by atoms with Crippen LogP contribution < -0.4 is 4.90 Å². The number of aromatic nitrogens is 2. The van der Waals surface area contributed by atoms with Crippen LogP contribution in [0.25, 0.3) is 0 Å². The Morgan fingerprint density at radius 2 is 1.88 bits per heavy atom. The van der Waals surface area contributed by atoms with Crippen molar-refractivity contribution in [3.63, 3.8) is 0 Å². The Kier molecular flexibility index (Phi) is 2.32. The van der Waals surface area contributed by atoms with Gasteiger partial charge in [0.25, 0.3) is 0 Å². The third kappa shape index (κ3) is 1.57. The number of hydrogen-bond donors (Lipinski definition) is 1. The summed E-state index contributed by atoms with van der Waals surface area (Å²) in [5.41, 5.74) is 0.952. The van der Waals surface area contributed by atoms with E-state index in [0.717, 1.165) is 24.4 Å². The highest BCUT2D eigenvalue weighted by Crippen LogP contribution is 2.38. The first-order valence-corrected chi connectivity index (χ1v) is 6.01. The van der Waals surface area contributed by atoms with Crippen LogP contribution in [0.1, 0.15) is 31.4 Å². The monoisotopic (exact) mass is 219 g/mol. The Balaban J connectivity index is 1.88. The average Bonchev–Trinajstić information content (AvgIpc) is 2.54. The maximum absolute atomic E-state index is 9.74. The summed E-state index contributed by atoms with van der Waals surface area (Å²) < 4.78 is 0. The van der Waals surface area contributed by atoms with Crippen LogP contribution in [0.5, 0.6) is 0 Å². The molecule has 0 amide bonds. The van der Waals surface area contributed by atoms with Crippen LogP contribution in [0.4, 0.5) is 5.82 Å². The smallest absolute Gasteiger partial charge is 0.151 e. The van der Waals surface area contributed by atoms with Gasteiger partial charge in [0.15, 0.2) is 5.82 Å². The second kappa shape index (κ2) is 3.70. The molecule has 2 saturated heterocycles. The molecule has 0 spiro atoms. The fourth-order valence-corrected chi connectivity index (χ4v) is 3.05. The van der Waals surface area contributed by atoms with E-state index in [2.05, 4.69) is 15.1 Å². The summed E-state index contributed by atoms with van der Waals surface area (Å²) in [5, 5.41) is 18.1. The molecule has 2 aliphatic heterocycles. The van der Waals surface area contributed by atoms with Crippen molar-refractivity contribution in [2.24, 2.45) is 0 Å². The number of aryl methyl sites for hydroxylation is 1. The molecular formula is C12H17N3O. The first-order chi connectivity index (χ1) is 7.74. The lowest BCUT2D eigenvalue weighted by Crippen LogP contribution is -2.45. The third-order valence-corrected chi connectivity index (χ3v) is 3.76. The Bertz CT molecular complexity index is 364. The topological polar surface area (TPSA) is 49.2 Å². The highest BCUT2D eigenvalue weighted by Gasteiger charge is 2.40. The van der Waals surface area contributed by atoms with E-state index in [4.69, 9.17) is 0 Å². The molecule has 2 aliphatic rings. The van der Waals surface area contributed by atoms with Gasteiger partial charge in [0.1, 0.15) is 0 Å². The molecule has 1 aromatic rings. The second-order valence-corrected chi connectivity index (χ2v) is 4.95. The fourth-order valence-electron chi connectivity index (χ4n) is 3.05. The van der Waals surface area contributed by atoms with E-state index < -0.39 is 0 Å². The van der Waals surface area contributed by atoms with Gasteiger partial charge in [-0.2, -0.15) is 5.10 Å². The summed E-state index contributed by atoms with van der Waals surface area (Å²) in [6.07, 6.45) is 4.00. The Hall–Kier alpha value is -1.16. The number of rotatable bonds is 1. The van der Waals surface area contributed by atoms with Gasteiger partial charge in [-0.25, -0.2) is 0 Å². The molecule has 2 unspecified atom stereocenters. The van der Waals surface area contributed by atoms with Gasteiger partial charge in [-0.1, -0.05) is 0 Å². The predicted octanol–water partition coefficient (Wildman–Crippen LogP) is 1.28. The Morgan fingerprint density at radius 1 is 1.19 bits per heavy atom. The zero-order valence-corrected chi connectivity index (χ0v) is 9.50. The van der Waals surface area contributed by atoms with Crippen molar-refractivity contribution < 1.29 is 5.11 Å². The van der Waals surface area contributed by atoms with E-state index in [9.17, 15) is 5.11 Å². The molecule has 0 aromatic carbocycles. The van der Waals surface area contributed by atoms with E-state index in [0.29, 0.717) is 12.1 Å². The van der Waals surface area contributed by atoms with Gasteiger partial charge < -0.3 is 10.0 Å². The lowest BCUT2D eigenvalue weighted by molar-refractivity contribution is 0.126. The maximum Gasteiger partial charge on any atom is 0.151 e. The second-order valence-electron chi connectivity index (χ2n) is 4.95. The Morgan fingerprint density at radius 3 is 2.44 bits per heavy atom. The van der Waals surface area contributed by atoms with E-state index in [1.165, 1.54) is 12.8 Å². The largest absolute Gasteiger partial charge is 0.393 e. The maximum atomic E-state index is 9.74. The molecule has 16 heavy (non-hydrogen) atoms. The number of aliphatic hydroxyl groups is 1. The van der Waals surface area contributed by atoms with Crippen LogP contribution in [0, 0.1) is 6.92 Å². The summed E-state index contributed by atoms with van der Waals surface area (Å²) in [6.45, 7) is 1.95. The lowest BCUT2D eigenvalue weighted by Gasteiger charge is -2.37. The van der Waals surface area contributed by atoms with E-state index in [1.807, 2.05) is 19.1 Å². The quantitative estimate of drug-likeness (QED) is 0.773. The highest BCUT2D eigenvalue weighted by atomic mass is 16.3. The number of anilines is 1. The molecule has 2 fully saturated rings. The van der Waals surface area contributed by atoms with Gasteiger partial charge in [0.05, 0.1) is 11.8 Å². The summed E-state index contributed by atoms with van der Waals surface area (Å²) in [5.74, 6) is 0.977. The number of aliphatic hydroxyl groups excluding tert-OH is 1. The third-order valence-electron chi connectivity index (χ3n) is 3.76. The molecule has 3 rings (SSSR count). The van der Waals surface area contributed by atoms with Gasteiger partial charge in [-0.3, -0.25) is 0 Å². The normalized spacial score (nSPS) is 33.1. The van der Waals surface area contributed by atoms with Crippen LogP contribution in [-0.2, 0) is 0 Å². The van der Waals surface area contributed by atoms with Crippen LogP contribution in [0.15, 0.2) is 12.1 Å². The van der Waals surface area contributed by atoms with Crippen molar-refractivity contribution in [3.8, 4) is 0 Å². The minimum absolute atomic E-state index is 0.118. The fraction of sp³-hybridized carbons (Fsp3) is 0.667. The van der Waals surface area contributed by atoms with Crippen molar-refractivity contribution in [1.29, 1.82) is 0 Å². The van der Waals surface area contributed by atoms with Crippen LogP contribution >= 0.6 is 0 Å². The van der Waals surface area contributed by atoms with Gasteiger partial charge in [0, 0.05) is 12.1 Å². The first kappa shape index (κ1) is 10.0. The number of nitrogens with zero attached hydrogens (tertiary/aromatic N) is 3. The molecule has 2 bridgehead atoms. The Labute approximate surface area is 95.3 Å². The molecule has 3 heterocycles. The lowest BCUT2D eigenvalue weighted by atomic mass is 10.00. The predicted molar refractivity (Wildman–Crippen MR) is 61.3 cm³/mol. The molecule has 0 saturated carbocycles. The molecule has 1 aromatic heterocycles. The van der Waals surface area contributed by atoms with Crippen molar-refractivity contribution in [2.45, 2.75) is 50.8 Å². The van der Waals surface area contributed by atoms with Gasteiger partial charge in [0.2, 0.25) is 0 Å². The summed E-state index contributed by atoms with van der Waals surface area (Å²) in [6, 6.07) is 4.98. The van der Waals surface area contributed by atoms with Gasteiger partial charge in [-0.05, 0) is 44.7 Å². The molecule has 0 aliphatic carbocycles. The number of piperidine rings is 1. The molecule has 0 radical (unpaired) electrons. The number of fused-ring (bicyclic) bond motifs is 2. The SMILES string of the molecule is Cc1ccc(N2C3CCC2CC(O)C3)nn1. The standard InChI is InChI=1S/C12H17N3O/c1-8-2-5-12(14-13-8)15-9-3-4-10(15)7-11(16)6-9/h2,5,9-11,16H,3-4,6-7H2,1H3. The molecule has 2 atom stereocenters. The summed E-state index contributed by atoms with van der Waals surface area (Å²) >= 11 is 0. The zero-order valence-electron chi connectivity index (χ0n) is 9.50. The van der Waals surface area contributed by atoms with Crippen molar-refractivity contribution >= 4 is 5.82 Å². The first-order valence-electron chi connectivity index (χ1n) is 6.01. The van der Waals surface area contributed by atoms with Crippen LogP contribution in [0.3, 0.4) is 0 Å².